The van der Waals surface area contributed by atoms with Gasteiger partial charge >= 0.3 is 0 Å². The van der Waals surface area contributed by atoms with Crippen LogP contribution in [0.3, 0.4) is 0 Å². The molecule has 0 amide bonds. The fourth-order valence-electron chi connectivity index (χ4n) is 1.81. The number of rotatable bonds is 2. The standard InChI is InChI=1S/C13H11ClN2S/c14-10-5-3-9(4-6-10)13(17)11(8-15)12-2-1-7-16-12/h3-6,16H,1-2,7H2/b12-11-. The molecule has 0 bridgehead atoms. The van der Waals surface area contributed by atoms with E-state index < -0.39 is 0 Å². The maximum absolute atomic E-state index is 9.21. The lowest BCUT2D eigenvalue weighted by molar-refractivity contribution is 0.903. The van der Waals surface area contributed by atoms with Crippen LogP contribution < -0.4 is 5.32 Å². The topological polar surface area (TPSA) is 35.8 Å². The molecule has 0 saturated carbocycles. The normalized spacial score (nSPS) is 17.2. The molecule has 4 heteroatoms. The molecule has 17 heavy (non-hydrogen) atoms. The SMILES string of the molecule is N#C/C(C(=S)c1ccc(Cl)cc1)=C1\CCCN1. The Balaban J connectivity index is 2.33. The van der Waals surface area contributed by atoms with Crippen LogP contribution in [0.2, 0.25) is 5.02 Å². The first-order chi connectivity index (χ1) is 8.22. The largest absolute Gasteiger partial charge is 0.387 e. The molecule has 0 aliphatic carbocycles. The van der Waals surface area contributed by atoms with Gasteiger partial charge < -0.3 is 5.32 Å². The van der Waals surface area contributed by atoms with Crippen LogP contribution in [-0.4, -0.2) is 11.4 Å². The third-order valence-corrected chi connectivity index (χ3v) is 3.38. The Kier molecular flexibility index (Phi) is 3.78. The Hall–Kier alpha value is -1.37. The first kappa shape index (κ1) is 12.1. The molecule has 86 valence electrons. The minimum absolute atomic E-state index is 0.583. The van der Waals surface area contributed by atoms with E-state index in [2.05, 4.69) is 11.4 Å². The third-order valence-electron chi connectivity index (χ3n) is 2.69. The predicted molar refractivity (Wildman–Crippen MR) is 73.0 cm³/mol. The van der Waals surface area contributed by atoms with E-state index in [0.29, 0.717) is 15.5 Å². The summed E-state index contributed by atoms with van der Waals surface area (Å²) in [5.74, 6) is 0. The summed E-state index contributed by atoms with van der Waals surface area (Å²) < 4.78 is 0. The third kappa shape index (κ3) is 2.66. The lowest BCUT2D eigenvalue weighted by atomic mass is 10.0. The molecule has 1 aliphatic rings. The van der Waals surface area contributed by atoms with Gasteiger partial charge in [0.2, 0.25) is 0 Å². The zero-order chi connectivity index (χ0) is 12.3. The van der Waals surface area contributed by atoms with Gasteiger partial charge in [0.1, 0.15) is 6.07 Å². The molecule has 1 saturated heterocycles. The van der Waals surface area contributed by atoms with Gasteiger partial charge in [-0.05, 0) is 30.5 Å². The highest BCUT2D eigenvalue weighted by Gasteiger charge is 2.16. The van der Waals surface area contributed by atoms with E-state index in [1.54, 1.807) is 12.1 Å². The van der Waals surface area contributed by atoms with E-state index in [1.165, 1.54) is 0 Å². The number of hydrogen-bond acceptors (Lipinski definition) is 3. The van der Waals surface area contributed by atoms with Crippen LogP contribution >= 0.6 is 23.8 Å². The Morgan fingerprint density at radius 3 is 2.59 bits per heavy atom. The summed E-state index contributed by atoms with van der Waals surface area (Å²) >= 11 is 11.2. The van der Waals surface area contributed by atoms with E-state index in [9.17, 15) is 5.26 Å². The van der Waals surface area contributed by atoms with Gasteiger partial charge in [-0.1, -0.05) is 36.0 Å². The van der Waals surface area contributed by atoms with Crippen molar-refractivity contribution in [1.82, 2.24) is 5.32 Å². The summed E-state index contributed by atoms with van der Waals surface area (Å²) in [5.41, 5.74) is 2.41. The highest BCUT2D eigenvalue weighted by atomic mass is 35.5. The number of allylic oxidation sites excluding steroid dienone is 2. The molecule has 1 heterocycles. The number of nitrogens with one attached hydrogen (secondary N) is 1. The second-order valence-corrected chi connectivity index (χ2v) is 4.68. The van der Waals surface area contributed by atoms with Gasteiger partial charge in [-0.2, -0.15) is 5.26 Å². The van der Waals surface area contributed by atoms with Gasteiger partial charge in [-0.15, -0.1) is 0 Å². The maximum Gasteiger partial charge on any atom is 0.102 e. The van der Waals surface area contributed by atoms with Crippen molar-refractivity contribution in [3.05, 3.63) is 46.1 Å². The molecule has 1 aromatic carbocycles. The summed E-state index contributed by atoms with van der Waals surface area (Å²) in [5, 5.41) is 13.1. The average Bonchev–Trinajstić information content (AvgIpc) is 2.84. The summed E-state index contributed by atoms with van der Waals surface area (Å²) in [4.78, 5) is 0.591. The average molecular weight is 263 g/mol. The molecule has 2 nitrogen and oxygen atoms in total. The second kappa shape index (κ2) is 5.31. The van der Waals surface area contributed by atoms with E-state index in [-0.39, 0.29) is 0 Å². The second-order valence-electron chi connectivity index (χ2n) is 3.83. The molecule has 0 aromatic heterocycles. The molecule has 0 unspecified atom stereocenters. The highest BCUT2D eigenvalue weighted by molar-refractivity contribution is 7.81. The molecule has 1 fully saturated rings. The molecule has 0 atom stereocenters. The lowest BCUT2D eigenvalue weighted by Crippen LogP contribution is -2.11. The fourth-order valence-corrected chi connectivity index (χ4v) is 2.24. The van der Waals surface area contributed by atoms with Crippen molar-refractivity contribution in [3.63, 3.8) is 0 Å². The first-order valence-electron chi connectivity index (χ1n) is 5.40. The van der Waals surface area contributed by atoms with Crippen LogP contribution in [-0.2, 0) is 0 Å². The molecule has 0 spiro atoms. The van der Waals surface area contributed by atoms with E-state index >= 15 is 0 Å². The lowest BCUT2D eigenvalue weighted by Gasteiger charge is -2.06. The molecular formula is C13H11ClN2S. The summed E-state index contributed by atoms with van der Waals surface area (Å²) in [7, 11) is 0. The minimum Gasteiger partial charge on any atom is -0.387 e. The molecule has 1 N–H and O–H groups in total. The smallest absolute Gasteiger partial charge is 0.102 e. The molecule has 1 aliphatic heterocycles. The number of nitriles is 1. The number of thiocarbonyl (C=S) groups is 1. The van der Waals surface area contributed by atoms with Crippen LogP contribution in [0.1, 0.15) is 18.4 Å². The van der Waals surface area contributed by atoms with E-state index in [4.69, 9.17) is 23.8 Å². The predicted octanol–water partition coefficient (Wildman–Crippen LogP) is 3.22. The Morgan fingerprint density at radius 2 is 2.06 bits per heavy atom. The maximum atomic E-state index is 9.21. The number of halogens is 1. The van der Waals surface area contributed by atoms with Crippen LogP contribution in [0.5, 0.6) is 0 Å². The summed E-state index contributed by atoms with van der Waals surface area (Å²) in [6.45, 7) is 0.920. The Labute approximate surface area is 111 Å². The van der Waals surface area contributed by atoms with Gasteiger partial charge in [0, 0.05) is 17.3 Å². The zero-order valence-corrected chi connectivity index (χ0v) is 10.7. The van der Waals surface area contributed by atoms with Gasteiger partial charge in [-0.25, -0.2) is 0 Å². The number of hydrogen-bond donors (Lipinski definition) is 1. The van der Waals surface area contributed by atoms with Gasteiger partial charge in [-0.3, -0.25) is 0 Å². The Bertz CT molecular complexity index is 503. The fraction of sp³-hybridized carbons (Fsp3) is 0.231. The zero-order valence-electron chi connectivity index (χ0n) is 9.16. The van der Waals surface area contributed by atoms with Crippen molar-refractivity contribution in [2.24, 2.45) is 0 Å². The van der Waals surface area contributed by atoms with Crippen molar-refractivity contribution in [2.45, 2.75) is 12.8 Å². The molecular weight excluding hydrogens is 252 g/mol. The van der Waals surface area contributed by atoms with Gasteiger partial charge in [0.25, 0.3) is 0 Å². The van der Waals surface area contributed by atoms with Gasteiger partial charge in [0.15, 0.2) is 0 Å². The number of nitrogens with zero attached hydrogens (tertiary/aromatic N) is 1. The van der Waals surface area contributed by atoms with Crippen LogP contribution in [0.15, 0.2) is 35.5 Å². The van der Waals surface area contributed by atoms with Crippen LogP contribution in [0.4, 0.5) is 0 Å². The van der Waals surface area contributed by atoms with E-state index in [0.717, 1.165) is 30.6 Å². The number of benzene rings is 1. The monoisotopic (exact) mass is 262 g/mol. The quantitative estimate of drug-likeness (QED) is 0.385. The van der Waals surface area contributed by atoms with Crippen molar-refractivity contribution in [2.75, 3.05) is 6.54 Å². The van der Waals surface area contributed by atoms with Crippen LogP contribution in [0.25, 0.3) is 0 Å². The molecule has 0 radical (unpaired) electrons. The molecule has 2 rings (SSSR count). The van der Waals surface area contributed by atoms with Crippen molar-refractivity contribution < 1.29 is 0 Å². The van der Waals surface area contributed by atoms with Gasteiger partial charge in [0.05, 0.1) is 10.4 Å². The van der Waals surface area contributed by atoms with Crippen molar-refractivity contribution in [3.8, 4) is 6.07 Å². The summed E-state index contributed by atoms with van der Waals surface area (Å²) in [6.07, 6.45) is 1.96. The van der Waals surface area contributed by atoms with E-state index in [1.807, 2.05) is 12.1 Å². The first-order valence-corrected chi connectivity index (χ1v) is 6.18. The minimum atomic E-state index is 0.583. The van der Waals surface area contributed by atoms with Crippen molar-refractivity contribution >= 4 is 28.7 Å². The van der Waals surface area contributed by atoms with Crippen molar-refractivity contribution in [1.29, 1.82) is 5.26 Å². The summed E-state index contributed by atoms with van der Waals surface area (Å²) in [6, 6.07) is 9.45. The Morgan fingerprint density at radius 1 is 1.35 bits per heavy atom. The highest BCUT2D eigenvalue weighted by Crippen LogP contribution is 2.19. The molecule has 1 aromatic rings. The van der Waals surface area contributed by atoms with Crippen LogP contribution in [0, 0.1) is 11.3 Å².